The third-order valence-corrected chi connectivity index (χ3v) is 5.47. The standard InChI is InChI=1S/C23H28N8O.ClH/c1-15(2)11-21-28-22(32-30-21)17-3-4-18-19(13-17)27-23(26-18)29-20-12-16(5-6-25-20)14-31-9-7-24-8-10-31;/h3-6,12-13,15,24H,7-11,14H2,1-2H3,(H2,25,26,27,29);1H. The summed E-state index contributed by atoms with van der Waals surface area (Å²) in [6.07, 6.45) is 2.63. The van der Waals surface area contributed by atoms with Crippen molar-refractivity contribution < 1.29 is 4.52 Å². The Kier molecular flexibility index (Phi) is 7.22. The molecule has 0 aliphatic carbocycles. The highest BCUT2D eigenvalue weighted by atomic mass is 35.5. The molecule has 5 rings (SSSR count). The van der Waals surface area contributed by atoms with Gasteiger partial charge in [-0.3, -0.25) is 4.90 Å². The molecule has 10 heteroatoms. The third-order valence-electron chi connectivity index (χ3n) is 5.47. The van der Waals surface area contributed by atoms with Gasteiger partial charge in [0.1, 0.15) is 5.82 Å². The summed E-state index contributed by atoms with van der Waals surface area (Å²) in [7, 11) is 0. The number of hydrogen-bond donors (Lipinski definition) is 3. The van der Waals surface area contributed by atoms with E-state index in [9.17, 15) is 0 Å². The molecule has 0 saturated carbocycles. The molecule has 4 aromatic rings. The summed E-state index contributed by atoms with van der Waals surface area (Å²) in [4.78, 5) is 19.4. The van der Waals surface area contributed by atoms with Crippen molar-refractivity contribution in [2.45, 2.75) is 26.8 Å². The van der Waals surface area contributed by atoms with Gasteiger partial charge in [0.2, 0.25) is 5.95 Å². The predicted molar refractivity (Wildman–Crippen MR) is 131 cm³/mol. The molecule has 3 N–H and O–H groups in total. The van der Waals surface area contributed by atoms with Crippen molar-refractivity contribution in [3.8, 4) is 11.5 Å². The number of halogens is 1. The van der Waals surface area contributed by atoms with Crippen molar-refractivity contribution in [3.05, 3.63) is 47.9 Å². The van der Waals surface area contributed by atoms with E-state index in [0.717, 1.165) is 67.4 Å². The summed E-state index contributed by atoms with van der Waals surface area (Å²) >= 11 is 0. The second-order valence-electron chi connectivity index (χ2n) is 8.63. The second kappa shape index (κ2) is 10.3. The topological polar surface area (TPSA) is 108 Å². The average molecular weight is 469 g/mol. The molecule has 0 spiro atoms. The van der Waals surface area contributed by atoms with E-state index in [-0.39, 0.29) is 12.4 Å². The molecule has 174 valence electrons. The van der Waals surface area contributed by atoms with E-state index in [2.05, 4.69) is 66.6 Å². The molecule has 33 heavy (non-hydrogen) atoms. The van der Waals surface area contributed by atoms with Gasteiger partial charge in [0, 0.05) is 50.9 Å². The number of aromatic nitrogens is 5. The molecule has 1 aromatic carbocycles. The fourth-order valence-electron chi connectivity index (χ4n) is 3.91. The van der Waals surface area contributed by atoms with Crippen molar-refractivity contribution in [2.75, 3.05) is 31.5 Å². The maximum Gasteiger partial charge on any atom is 0.257 e. The first kappa shape index (κ1) is 23.2. The zero-order valence-electron chi connectivity index (χ0n) is 18.8. The number of piperazine rings is 1. The summed E-state index contributed by atoms with van der Waals surface area (Å²) in [6, 6.07) is 10.0. The van der Waals surface area contributed by atoms with Gasteiger partial charge in [-0.15, -0.1) is 12.4 Å². The first-order valence-corrected chi connectivity index (χ1v) is 11.1. The first-order valence-electron chi connectivity index (χ1n) is 11.1. The van der Waals surface area contributed by atoms with Crippen LogP contribution in [-0.4, -0.2) is 56.2 Å². The third kappa shape index (κ3) is 5.68. The number of H-pyrrole nitrogens is 1. The fourth-order valence-corrected chi connectivity index (χ4v) is 3.91. The summed E-state index contributed by atoms with van der Waals surface area (Å²) in [5, 5.41) is 10.8. The Morgan fingerprint density at radius 3 is 2.79 bits per heavy atom. The van der Waals surface area contributed by atoms with Gasteiger partial charge < -0.3 is 20.1 Å². The van der Waals surface area contributed by atoms with Crippen molar-refractivity contribution in [2.24, 2.45) is 5.92 Å². The number of anilines is 2. The Morgan fingerprint density at radius 1 is 1.12 bits per heavy atom. The lowest BCUT2D eigenvalue weighted by atomic mass is 10.1. The Labute approximate surface area is 198 Å². The molecule has 0 radical (unpaired) electrons. The molecule has 3 aromatic heterocycles. The lowest BCUT2D eigenvalue weighted by molar-refractivity contribution is 0.233. The van der Waals surface area contributed by atoms with Crippen LogP contribution in [0.5, 0.6) is 0 Å². The fraction of sp³-hybridized carbons (Fsp3) is 0.391. The lowest BCUT2D eigenvalue weighted by Gasteiger charge is -2.27. The van der Waals surface area contributed by atoms with Crippen LogP contribution < -0.4 is 10.6 Å². The Hall–Kier alpha value is -3.01. The highest BCUT2D eigenvalue weighted by molar-refractivity contribution is 5.85. The molecule has 1 aliphatic rings. The molecule has 0 bridgehead atoms. The molecular formula is C23H29ClN8O. The summed E-state index contributed by atoms with van der Waals surface area (Å²) in [6.45, 7) is 9.41. The summed E-state index contributed by atoms with van der Waals surface area (Å²) in [5.74, 6) is 3.15. The van der Waals surface area contributed by atoms with Crippen LogP contribution in [0, 0.1) is 5.92 Å². The average Bonchev–Trinajstić information content (AvgIpc) is 3.40. The van der Waals surface area contributed by atoms with E-state index in [0.29, 0.717) is 17.8 Å². The first-order chi connectivity index (χ1) is 15.6. The van der Waals surface area contributed by atoms with Gasteiger partial charge in [-0.2, -0.15) is 4.98 Å². The lowest BCUT2D eigenvalue weighted by Crippen LogP contribution is -2.42. The van der Waals surface area contributed by atoms with Crippen LogP contribution in [0.1, 0.15) is 25.2 Å². The number of hydrogen-bond acceptors (Lipinski definition) is 8. The SMILES string of the molecule is CC(C)Cc1noc(-c2ccc3nc(Nc4cc(CN5CCNCC5)ccn4)[nH]c3c2)n1.Cl. The zero-order valence-corrected chi connectivity index (χ0v) is 19.7. The van der Waals surface area contributed by atoms with Crippen molar-refractivity contribution in [1.82, 2.24) is 35.3 Å². The number of fused-ring (bicyclic) bond motifs is 1. The van der Waals surface area contributed by atoms with Crippen LogP contribution in [-0.2, 0) is 13.0 Å². The number of pyridine rings is 1. The Bertz CT molecular complexity index is 1200. The van der Waals surface area contributed by atoms with Gasteiger partial charge in [-0.05, 0) is 41.8 Å². The van der Waals surface area contributed by atoms with Crippen LogP contribution >= 0.6 is 12.4 Å². The van der Waals surface area contributed by atoms with E-state index in [1.807, 2.05) is 24.4 Å². The number of imidazole rings is 1. The molecule has 1 fully saturated rings. The molecule has 1 aliphatic heterocycles. The number of nitrogens with one attached hydrogen (secondary N) is 3. The quantitative estimate of drug-likeness (QED) is 0.376. The van der Waals surface area contributed by atoms with Gasteiger partial charge >= 0.3 is 0 Å². The number of aromatic amines is 1. The monoisotopic (exact) mass is 468 g/mol. The van der Waals surface area contributed by atoms with Crippen LogP contribution in [0.25, 0.3) is 22.5 Å². The zero-order chi connectivity index (χ0) is 21.9. The maximum absolute atomic E-state index is 5.45. The van der Waals surface area contributed by atoms with Gasteiger partial charge in [0.25, 0.3) is 5.89 Å². The molecule has 4 heterocycles. The molecule has 9 nitrogen and oxygen atoms in total. The number of benzene rings is 1. The van der Waals surface area contributed by atoms with Crippen LogP contribution in [0.2, 0.25) is 0 Å². The highest BCUT2D eigenvalue weighted by Crippen LogP contribution is 2.24. The van der Waals surface area contributed by atoms with Crippen LogP contribution in [0.4, 0.5) is 11.8 Å². The Morgan fingerprint density at radius 2 is 1.97 bits per heavy atom. The minimum absolute atomic E-state index is 0. The van der Waals surface area contributed by atoms with Crippen LogP contribution in [0.15, 0.2) is 41.1 Å². The molecule has 1 saturated heterocycles. The van der Waals surface area contributed by atoms with Crippen molar-refractivity contribution >= 4 is 35.2 Å². The number of rotatable bonds is 7. The second-order valence-corrected chi connectivity index (χ2v) is 8.63. The number of nitrogens with zero attached hydrogens (tertiary/aromatic N) is 5. The van der Waals surface area contributed by atoms with Crippen LogP contribution in [0.3, 0.4) is 0 Å². The van der Waals surface area contributed by atoms with E-state index in [1.165, 1.54) is 5.56 Å². The van der Waals surface area contributed by atoms with Gasteiger partial charge in [0.05, 0.1) is 11.0 Å². The summed E-state index contributed by atoms with van der Waals surface area (Å²) in [5.41, 5.74) is 3.85. The largest absolute Gasteiger partial charge is 0.334 e. The van der Waals surface area contributed by atoms with E-state index in [4.69, 9.17) is 4.52 Å². The maximum atomic E-state index is 5.45. The minimum Gasteiger partial charge on any atom is -0.334 e. The molecular weight excluding hydrogens is 440 g/mol. The normalized spacial score (nSPS) is 14.5. The predicted octanol–water partition coefficient (Wildman–Crippen LogP) is 3.78. The smallest absolute Gasteiger partial charge is 0.257 e. The van der Waals surface area contributed by atoms with Gasteiger partial charge in [0.15, 0.2) is 5.82 Å². The molecule has 0 atom stereocenters. The van der Waals surface area contributed by atoms with E-state index >= 15 is 0 Å². The Balaban J connectivity index is 0.00000259. The van der Waals surface area contributed by atoms with Crippen molar-refractivity contribution in [3.63, 3.8) is 0 Å². The van der Waals surface area contributed by atoms with Gasteiger partial charge in [-0.25, -0.2) is 9.97 Å². The molecule has 0 amide bonds. The minimum atomic E-state index is 0. The molecule has 0 unspecified atom stereocenters. The highest BCUT2D eigenvalue weighted by Gasteiger charge is 2.13. The van der Waals surface area contributed by atoms with E-state index < -0.39 is 0 Å². The van der Waals surface area contributed by atoms with E-state index in [1.54, 1.807) is 0 Å². The summed E-state index contributed by atoms with van der Waals surface area (Å²) < 4.78 is 5.45. The van der Waals surface area contributed by atoms with Gasteiger partial charge in [-0.1, -0.05) is 19.0 Å². The van der Waals surface area contributed by atoms with Crippen molar-refractivity contribution in [1.29, 1.82) is 0 Å².